The number of nitrogens with one attached hydrogen (secondary N) is 1. The Labute approximate surface area is 84.7 Å². The van der Waals surface area contributed by atoms with Gasteiger partial charge < -0.3 is 4.55 Å². The fraction of sp³-hybridized carbons (Fsp3) is 0.100. The van der Waals surface area contributed by atoms with Crippen LogP contribution in [0.15, 0.2) is 46.8 Å². The van der Waals surface area contributed by atoms with Crippen LogP contribution in [-0.2, 0) is 6.54 Å². The van der Waals surface area contributed by atoms with Gasteiger partial charge in [-0.15, -0.1) is 0 Å². The standard InChI is InChI=1S/C10H10N2OS/c13-14-7-6-10(12-14)11-8-9-4-2-1-3-5-9/h1-7H,8H2,(H,11,12). The first-order valence-corrected chi connectivity index (χ1v) is 5.50. The van der Waals surface area contributed by atoms with E-state index in [0.717, 1.165) is 5.56 Å². The van der Waals surface area contributed by atoms with Gasteiger partial charge in [-0.1, -0.05) is 30.3 Å². The normalized spacial score (nSPS) is 13.2. The van der Waals surface area contributed by atoms with Gasteiger partial charge >= 0.3 is 0 Å². The van der Waals surface area contributed by atoms with E-state index < -0.39 is 10.9 Å². The average Bonchev–Trinajstić information content (AvgIpc) is 2.63. The Morgan fingerprint density at radius 2 is 2.00 bits per heavy atom. The summed E-state index contributed by atoms with van der Waals surface area (Å²) in [5.41, 5.74) is 1.83. The van der Waals surface area contributed by atoms with Crippen molar-refractivity contribution in [3.05, 3.63) is 52.8 Å². The van der Waals surface area contributed by atoms with Crippen LogP contribution in [0.3, 0.4) is 0 Å². The summed E-state index contributed by atoms with van der Waals surface area (Å²) in [5, 5.41) is 1.59. The molecule has 1 aromatic carbocycles. The van der Waals surface area contributed by atoms with E-state index in [9.17, 15) is 4.55 Å². The van der Waals surface area contributed by atoms with E-state index >= 15 is 0 Å². The third-order valence-electron chi connectivity index (χ3n) is 1.83. The van der Waals surface area contributed by atoms with Gasteiger partial charge in [0.05, 0.1) is 6.54 Å². The first-order chi connectivity index (χ1) is 6.84. The molecule has 14 heavy (non-hydrogen) atoms. The van der Waals surface area contributed by atoms with E-state index in [4.69, 9.17) is 0 Å². The van der Waals surface area contributed by atoms with E-state index in [0.29, 0.717) is 12.0 Å². The van der Waals surface area contributed by atoms with Gasteiger partial charge in [0.25, 0.3) is 0 Å². The van der Waals surface area contributed by atoms with E-state index in [1.165, 1.54) is 0 Å². The second-order valence-electron chi connectivity index (χ2n) is 2.89. The summed E-state index contributed by atoms with van der Waals surface area (Å²) in [6.45, 7) is 0.616. The zero-order valence-electron chi connectivity index (χ0n) is 7.51. The van der Waals surface area contributed by atoms with Crippen molar-refractivity contribution < 1.29 is 4.55 Å². The lowest BCUT2D eigenvalue weighted by molar-refractivity contribution is 0.591. The Balaban J connectivity index is 2.15. The highest BCUT2D eigenvalue weighted by molar-refractivity contribution is 7.17. The van der Waals surface area contributed by atoms with Crippen molar-refractivity contribution in [2.24, 2.45) is 4.99 Å². The molecule has 0 spiro atoms. The quantitative estimate of drug-likeness (QED) is 0.749. The Kier molecular flexibility index (Phi) is 2.76. The topological polar surface area (TPSA) is 51.2 Å². The summed E-state index contributed by atoms with van der Waals surface area (Å²) in [7, 11) is -1.07. The largest absolute Gasteiger partial charge is 0.571 e. The van der Waals surface area contributed by atoms with Crippen LogP contribution >= 0.6 is 10.9 Å². The highest BCUT2D eigenvalue weighted by Crippen LogP contribution is 2.01. The van der Waals surface area contributed by atoms with Crippen LogP contribution in [0.1, 0.15) is 5.56 Å². The Bertz CT molecular complexity index is 458. The molecule has 3 nitrogen and oxygen atoms in total. The predicted octanol–water partition coefficient (Wildman–Crippen LogP) is 1.84. The maximum absolute atomic E-state index is 10.9. The number of hydrogen-bond donors (Lipinski definition) is 1. The minimum absolute atomic E-state index is 0.616. The van der Waals surface area contributed by atoms with E-state index in [1.807, 2.05) is 30.3 Å². The van der Waals surface area contributed by atoms with Crippen LogP contribution in [0.4, 0.5) is 0 Å². The van der Waals surface area contributed by atoms with Crippen molar-refractivity contribution >= 4 is 10.9 Å². The monoisotopic (exact) mass is 206 g/mol. The molecule has 0 aliphatic rings. The summed E-state index contributed by atoms with van der Waals surface area (Å²) in [6, 6.07) is 11.7. The molecule has 0 amide bonds. The lowest BCUT2D eigenvalue weighted by Gasteiger charge is -1.92. The molecule has 0 saturated heterocycles. The molecule has 2 rings (SSSR count). The van der Waals surface area contributed by atoms with Crippen molar-refractivity contribution in [2.75, 3.05) is 0 Å². The lowest BCUT2D eigenvalue weighted by Crippen LogP contribution is -2.00. The van der Waals surface area contributed by atoms with Crippen LogP contribution in [0.5, 0.6) is 0 Å². The molecular formula is C10H10N2OS. The van der Waals surface area contributed by atoms with Crippen molar-refractivity contribution in [2.45, 2.75) is 6.54 Å². The van der Waals surface area contributed by atoms with Crippen molar-refractivity contribution in [3.63, 3.8) is 0 Å². The van der Waals surface area contributed by atoms with E-state index in [-0.39, 0.29) is 0 Å². The molecule has 0 saturated carbocycles. The second-order valence-corrected chi connectivity index (χ2v) is 3.96. The highest BCUT2D eigenvalue weighted by Gasteiger charge is 1.91. The number of nitrogens with zero attached hydrogens (tertiary/aromatic N) is 1. The molecule has 72 valence electrons. The molecule has 1 heterocycles. The number of hydrogen-bond acceptors (Lipinski definition) is 2. The zero-order valence-corrected chi connectivity index (χ0v) is 8.33. The van der Waals surface area contributed by atoms with Crippen molar-refractivity contribution in [1.29, 1.82) is 0 Å². The molecule has 1 N–H and O–H groups in total. The van der Waals surface area contributed by atoms with Gasteiger partial charge in [-0.2, -0.15) is 4.37 Å². The maximum Gasteiger partial charge on any atom is 0.175 e. The van der Waals surface area contributed by atoms with Crippen molar-refractivity contribution in [1.82, 2.24) is 4.37 Å². The van der Waals surface area contributed by atoms with Gasteiger partial charge in [0.1, 0.15) is 0 Å². The second kappa shape index (κ2) is 4.21. The molecule has 1 unspecified atom stereocenters. The summed E-state index contributed by atoms with van der Waals surface area (Å²) in [6.07, 6.45) is 0. The molecule has 1 atom stereocenters. The molecule has 2 aromatic rings. The van der Waals surface area contributed by atoms with Gasteiger partial charge in [-0.05, 0) is 5.56 Å². The van der Waals surface area contributed by atoms with E-state index in [1.54, 1.807) is 11.4 Å². The van der Waals surface area contributed by atoms with E-state index in [2.05, 4.69) is 9.37 Å². The smallest absolute Gasteiger partial charge is 0.175 e. The number of H-pyrrole nitrogens is 1. The molecule has 1 aromatic heterocycles. The fourth-order valence-electron chi connectivity index (χ4n) is 1.14. The Morgan fingerprint density at radius 3 is 2.64 bits per heavy atom. The van der Waals surface area contributed by atoms with Gasteiger partial charge in [-0.25, -0.2) is 0 Å². The fourth-order valence-corrected chi connectivity index (χ4v) is 1.80. The SMILES string of the molecule is [O-][s+]1ccc(=NCc2ccccc2)[nH]1. The number of benzene rings is 1. The third-order valence-corrected chi connectivity index (χ3v) is 2.62. The van der Waals surface area contributed by atoms with Crippen LogP contribution in [0.25, 0.3) is 0 Å². The minimum atomic E-state index is -1.07. The Hall–Kier alpha value is -1.39. The molecule has 0 aliphatic carbocycles. The summed E-state index contributed by atoms with van der Waals surface area (Å²) in [4.78, 5) is 4.27. The first kappa shape index (κ1) is 9.18. The Morgan fingerprint density at radius 1 is 1.21 bits per heavy atom. The predicted molar refractivity (Wildman–Crippen MR) is 55.2 cm³/mol. The molecule has 0 fully saturated rings. The molecule has 0 aliphatic heterocycles. The zero-order chi connectivity index (χ0) is 9.80. The van der Waals surface area contributed by atoms with Gasteiger partial charge in [0.2, 0.25) is 0 Å². The number of aromatic amines is 1. The van der Waals surface area contributed by atoms with Crippen LogP contribution < -0.4 is 5.49 Å². The first-order valence-electron chi connectivity index (χ1n) is 4.28. The summed E-state index contributed by atoms with van der Waals surface area (Å²) in [5.74, 6) is 0. The van der Waals surface area contributed by atoms with Gasteiger partial charge in [0.15, 0.2) is 10.9 Å². The van der Waals surface area contributed by atoms with Crippen molar-refractivity contribution in [3.8, 4) is 0 Å². The van der Waals surface area contributed by atoms with Gasteiger partial charge in [0, 0.05) is 17.0 Å². The molecule has 4 heteroatoms. The average molecular weight is 206 g/mol. The molecule has 0 bridgehead atoms. The summed E-state index contributed by atoms with van der Waals surface area (Å²) < 4.78 is 13.6. The number of aromatic nitrogens is 1. The van der Waals surface area contributed by atoms with Crippen LogP contribution in [-0.4, -0.2) is 8.93 Å². The molecule has 0 radical (unpaired) electrons. The molecular weight excluding hydrogens is 196 g/mol. The summed E-state index contributed by atoms with van der Waals surface area (Å²) >= 11 is 0. The van der Waals surface area contributed by atoms with Crippen LogP contribution in [0, 0.1) is 0 Å². The lowest BCUT2D eigenvalue weighted by atomic mass is 10.2. The highest BCUT2D eigenvalue weighted by atomic mass is 32.2. The third kappa shape index (κ3) is 2.31. The van der Waals surface area contributed by atoms with Gasteiger partial charge in [-0.3, -0.25) is 4.99 Å². The minimum Gasteiger partial charge on any atom is -0.571 e. The maximum atomic E-state index is 10.9. The number of rotatable bonds is 2. The van der Waals surface area contributed by atoms with Crippen LogP contribution in [0.2, 0.25) is 0 Å².